The Balaban J connectivity index is 0.000000550. The fourth-order valence-corrected chi connectivity index (χ4v) is 4.34. The van der Waals surface area contributed by atoms with E-state index in [1.54, 1.807) is 7.11 Å². The molecule has 0 bridgehead atoms. The van der Waals surface area contributed by atoms with Crippen LogP contribution in [-0.2, 0) is 32.2 Å². The van der Waals surface area contributed by atoms with Gasteiger partial charge in [0.05, 0.1) is 18.7 Å². The second-order valence-corrected chi connectivity index (χ2v) is 8.73. The maximum absolute atomic E-state index is 13.0. The number of nitrogens with zero attached hydrogens (tertiary/aromatic N) is 6. The van der Waals surface area contributed by atoms with Crippen molar-refractivity contribution in [2.24, 2.45) is 0 Å². The fraction of sp³-hybridized carbons (Fsp3) is 0.520. The van der Waals surface area contributed by atoms with Crippen molar-refractivity contribution in [1.29, 1.82) is 0 Å². The van der Waals surface area contributed by atoms with Gasteiger partial charge in [-0.1, -0.05) is 25.1 Å². The summed E-state index contributed by atoms with van der Waals surface area (Å²) in [5, 5.41) is 23.4. The third-order valence-electron chi connectivity index (χ3n) is 6.23. The summed E-state index contributed by atoms with van der Waals surface area (Å²) < 4.78 is 8.37. The Morgan fingerprint density at radius 1 is 1.00 bits per heavy atom. The first-order chi connectivity index (χ1) is 18.2. The Hall–Kier alpha value is -3.84. The number of piperidine rings is 1. The zero-order valence-corrected chi connectivity index (χ0v) is 22.0. The van der Waals surface area contributed by atoms with E-state index in [0.717, 1.165) is 38.2 Å². The number of carbonyl (C=O) groups is 3. The van der Waals surface area contributed by atoms with Gasteiger partial charge >= 0.3 is 17.6 Å². The van der Waals surface area contributed by atoms with Crippen LogP contribution in [0.25, 0.3) is 0 Å². The lowest BCUT2D eigenvalue weighted by molar-refractivity contribution is -0.134. The molecule has 13 heteroatoms. The highest BCUT2D eigenvalue weighted by atomic mass is 16.5. The van der Waals surface area contributed by atoms with Crippen molar-refractivity contribution in [3.05, 3.63) is 53.0 Å². The van der Waals surface area contributed by atoms with E-state index in [4.69, 9.17) is 14.9 Å². The summed E-state index contributed by atoms with van der Waals surface area (Å²) in [4.78, 5) is 48.5. The molecule has 13 nitrogen and oxygen atoms in total. The molecule has 2 aromatic rings. The third kappa shape index (κ3) is 8.35. The minimum Gasteiger partial charge on any atom is -0.478 e. The number of carboxylic acid groups (broad SMARTS) is 2. The largest absolute Gasteiger partial charge is 0.478 e. The zero-order chi connectivity index (χ0) is 28.1. The van der Waals surface area contributed by atoms with E-state index < -0.39 is 11.9 Å². The van der Waals surface area contributed by atoms with Crippen molar-refractivity contribution >= 4 is 23.5 Å². The molecular weight excluding hydrogens is 496 g/mol. The summed E-state index contributed by atoms with van der Waals surface area (Å²) in [5.41, 5.74) is 0.367. The molecule has 1 fully saturated rings. The first-order valence-corrected chi connectivity index (χ1v) is 12.4. The molecule has 1 aliphatic rings. The number of methoxy groups -OCH3 is 1. The summed E-state index contributed by atoms with van der Waals surface area (Å²) in [6, 6.07) is 9.85. The van der Waals surface area contributed by atoms with E-state index in [1.807, 2.05) is 49.1 Å². The molecule has 0 saturated carbocycles. The van der Waals surface area contributed by atoms with Crippen LogP contribution in [0.3, 0.4) is 0 Å². The predicted molar refractivity (Wildman–Crippen MR) is 139 cm³/mol. The lowest BCUT2D eigenvalue weighted by Gasteiger charge is -2.48. The highest BCUT2D eigenvalue weighted by Gasteiger charge is 2.42. The van der Waals surface area contributed by atoms with Crippen LogP contribution in [0.4, 0.5) is 5.69 Å². The van der Waals surface area contributed by atoms with Crippen molar-refractivity contribution in [1.82, 2.24) is 24.7 Å². The number of aliphatic carboxylic acids is 2. The summed E-state index contributed by atoms with van der Waals surface area (Å²) in [5.74, 6) is -2.41. The average Bonchev–Trinajstić information content (AvgIpc) is 3.27. The molecule has 1 amide bonds. The predicted octanol–water partition coefficient (Wildman–Crippen LogP) is 1.10. The van der Waals surface area contributed by atoms with Crippen LogP contribution >= 0.6 is 0 Å². The van der Waals surface area contributed by atoms with E-state index in [1.165, 1.54) is 9.36 Å². The number of likely N-dealkylation sites (tertiary alicyclic amines) is 1. The third-order valence-corrected chi connectivity index (χ3v) is 6.23. The van der Waals surface area contributed by atoms with Gasteiger partial charge in [0.15, 0.2) is 0 Å². The maximum atomic E-state index is 13.0. The number of amides is 1. The number of carboxylic acids is 2. The summed E-state index contributed by atoms with van der Waals surface area (Å²) in [7, 11) is 1.69. The number of hydrogen-bond donors (Lipinski definition) is 2. The first-order valence-electron chi connectivity index (χ1n) is 12.4. The van der Waals surface area contributed by atoms with Crippen LogP contribution in [0.15, 0.2) is 47.3 Å². The fourth-order valence-electron chi connectivity index (χ4n) is 4.34. The Morgan fingerprint density at radius 3 is 2.05 bits per heavy atom. The van der Waals surface area contributed by atoms with Gasteiger partial charge in [0.1, 0.15) is 0 Å². The van der Waals surface area contributed by atoms with E-state index in [2.05, 4.69) is 15.3 Å². The molecule has 1 saturated heterocycles. The van der Waals surface area contributed by atoms with Gasteiger partial charge in [0.25, 0.3) is 0 Å². The Morgan fingerprint density at radius 2 is 1.58 bits per heavy atom. The van der Waals surface area contributed by atoms with Crippen molar-refractivity contribution in [3.8, 4) is 0 Å². The monoisotopic (exact) mass is 532 g/mol. The van der Waals surface area contributed by atoms with Gasteiger partial charge in [-0.15, -0.1) is 0 Å². The van der Waals surface area contributed by atoms with Gasteiger partial charge in [-0.25, -0.2) is 14.4 Å². The minimum absolute atomic E-state index is 0.106. The second kappa shape index (κ2) is 14.8. The number of carbonyl (C=O) groups excluding carboxylic acids is 1. The van der Waals surface area contributed by atoms with Crippen LogP contribution in [-0.4, -0.2) is 91.6 Å². The van der Waals surface area contributed by atoms with Gasteiger partial charge in [0.2, 0.25) is 5.91 Å². The Kier molecular flexibility index (Phi) is 11.8. The Labute approximate surface area is 220 Å². The molecule has 38 heavy (non-hydrogen) atoms. The summed E-state index contributed by atoms with van der Waals surface area (Å²) in [6.45, 7) is 7.64. The van der Waals surface area contributed by atoms with Crippen LogP contribution in [0, 0.1) is 0 Å². The molecule has 0 radical (unpaired) electrons. The van der Waals surface area contributed by atoms with Gasteiger partial charge in [0, 0.05) is 57.5 Å². The minimum atomic E-state index is -1.26. The number of rotatable bonds is 11. The highest BCUT2D eigenvalue weighted by Crippen LogP contribution is 2.34. The molecule has 1 aromatic carbocycles. The van der Waals surface area contributed by atoms with Crippen LogP contribution in [0.1, 0.15) is 33.1 Å². The summed E-state index contributed by atoms with van der Waals surface area (Å²) in [6.07, 6.45) is 3.17. The van der Waals surface area contributed by atoms with Crippen molar-refractivity contribution < 1.29 is 29.3 Å². The van der Waals surface area contributed by atoms with Gasteiger partial charge in [-0.05, 0) is 42.3 Å². The SMILES string of the molecule is CCC(=O)N(c1ccccc1)C1(COC)CCN(CCn2nnn(CC)c2=O)CC1.O=C(O)/C=C\C(=O)O. The standard InChI is InChI=1S/C21H32N6O3.C4H4O4/c1-4-19(28)27(18-9-7-6-8-10-18)21(17-30-3)11-13-24(14-12-21)15-16-26-20(29)25(5-2)22-23-26;5-3(6)1-2-4(7)8/h6-10H,4-5,11-17H2,1-3H3;1-2H,(H,5,6)(H,7,8)/b;2-1-. The number of para-hydroxylation sites is 1. The molecule has 2 heterocycles. The number of ether oxygens (including phenoxy) is 1. The van der Waals surface area contributed by atoms with Gasteiger partial charge < -0.3 is 24.7 Å². The number of aryl methyl sites for hydroxylation is 1. The number of hydrogen-bond acceptors (Lipinski definition) is 8. The quantitative estimate of drug-likeness (QED) is 0.401. The van der Waals surface area contributed by atoms with E-state index in [-0.39, 0.29) is 17.1 Å². The second-order valence-electron chi connectivity index (χ2n) is 8.73. The lowest BCUT2D eigenvalue weighted by atomic mass is 9.85. The molecule has 208 valence electrons. The molecule has 2 N–H and O–H groups in total. The van der Waals surface area contributed by atoms with Crippen LogP contribution in [0.5, 0.6) is 0 Å². The number of benzene rings is 1. The van der Waals surface area contributed by atoms with E-state index >= 15 is 0 Å². The molecule has 3 rings (SSSR count). The van der Waals surface area contributed by atoms with E-state index in [9.17, 15) is 19.2 Å². The molecule has 1 aromatic heterocycles. The lowest BCUT2D eigenvalue weighted by Crippen LogP contribution is -2.60. The summed E-state index contributed by atoms with van der Waals surface area (Å²) >= 11 is 0. The van der Waals surface area contributed by atoms with Crippen molar-refractivity contribution in [2.45, 2.75) is 51.7 Å². The Bertz CT molecular complexity index is 1120. The normalized spacial score (nSPS) is 15.0. The smallest absolute Gasteiger partial charge is 0.363 e. The number of tetrazole rings is 1. The number of anilines is 1. The average molecular weight is 533 g/mol. The molecule has 1 aliphatic heterocycles. The molecule has 0 unspecified atom stereocenters. The van der Waals surface area contributed by atoms with Gasteiger partial charge in [-0.3, -0.25) is 4.79 Å². The van der Waals surface area contributed by atoms with E-state index in [0.29, 0.717) is 38.3 Å². The molecular formula is C25H36N6O7. The van der Waals surface area contributed by atoms with Crippen LogP contribution in [0.2, 0.25) is 0 Å². The topological polar surface area (TPSA) is 160 Å². The molecule has 0 atom stereocenters. The van der Waals surface area contributed by atoms with Crippen molar-refractivity contribution in [2.75, 3.05) is 38.3 Å². The maximum Gasteiger partial charge on any atom is 0.363 e. The zero-order valence-electron chi connectivity index (χ0n) is 22.0. The highest BCUT2D eigenvalue weighted by molar-refractivity contribution is 5.94. The first kappa shape index (κ1) is 30.4. The number of aromatic nitrogens is 4. The van der Waals surface area contributed by atoms with Crippen LogP contribution < -0.4 is 10.6 Å². The van der Waals surface area contributed by atoms with Gasteiger partial charge in [-0.2, -0.15) is 9.36 Å². The molecule has 0 aliphatic carbocycles. The molecule has 0 spiro atoms. The van der Waals surface area contributed by atoms with Crippen molar-refractivity contribution in [3.63, 3.8) is 0 Å².